The van der Waals surface area contributed by atoms with Gasteiger partial charge in [-0.1, -0.05) is 6.07 Å². The molecule has 0 bridgehead atoms. The second kappa shape index (κ2) is 6.87. The second-order valence-corrected chi connectivity index (χ2v) is 5.50. The number of aromatic nitrogens is 1. The lowest BCUT2D eigenvalue weighted by atomic mass is 10.2. The van der Waals surface area contributed by atoms with Crippen molar-refractivity contribution in [2.45, 2.75) is 6.61 Å². The molecule has 0 N–H and O–H groups in total. The summed E-state index contributed by atoms with van der Waals surface area (Å²) in [7, 11) is 0. The van der Waals surface area contributed by atoms with Crippen molar-refractivity contribution in [1.82, 2.24) is 4.98 Å². The van der Waals surface area contributed by atoms with Crippen LogP contribution in [0, 0.1) is 0 Å². The summed E-state index contributed by atoms with van der Waals surface area (Å²) in [6, 6.07) is 14.3. The Hall–Kier alpha value is -2.66. The molecule has 0 aliphatic heterocycles. The maximum Gasteiger partial charge on any atom is 0.338 e. The highest BCUT2D eigenvalue weighted by atomic mass is 32.1. The van der Waals surface area contributed by atoms with E-state index in [9.17, 15) is 4.79 Å². The number of carbonyl (C=O) groups is 1. The van der Waals surface area contributed by atoms with Gasteiger partial charge in [0.25, 0.3) is 0 Å². The average molecular weight is 311 g/mol. The number of esters is 1. The minimum absolute atomic E-state index is 0.296. The van der Waals surface area contributed by atoms with E-state index < -0.39 is 0 Å². The zero-order chi connectivity index (χ0) is 15.2. The van der Waals surface area contributed by atoms with E-state index in [4.69, 9.17) is 9.47 Å². The smallest absolute Gasteiger partial charge is 0.338 e. The summed E-state index contributed by atoms with van der Waals surface area (Å²) >= 11 is 1.56. The maximum absolute atomic E-state index is 11.9. The first kappa shape index (κ1) is 14.3. The number of carbonyl (C=O) groups excluding carboxylic acids is 1. The monoisotopic (exact) mass is 311 g/mol. The molecule has 0 aliphatic carbocycles. The van der Waals surface area contributed by atoms with Crippen LogP contribution in [0.4, 0.5) is 0 Å². The van der Waals surface area contributed by atoms with Gasteiger partial charge in [0.1, 0.15) is 18.1 Å². The number of thiophene rings is 1. The number of nitrogens with zero attached hydrogens (tertiary/aromatic N) is 1. The minimum atomic E-state index is -0.346. The van der Waals surface area contributed by atoms with Crippen molar-refractivity contribution in [2.75, 3.05) is 0 Å². The molecule has 0 atom stereocenters. The molecule has 2 aromatic heterocycles. The van der Waals surface area contributed by atoms with E-state index >= 15 is 0 Å². The van der Waals surface area contributed by atoms with Crippen LogP contribution in [0.25, 0.3) is 0 Å². The lowest BCUT2D eigenvalue weighted by Gasteiger charge is -2.06. The van der Waals surface area contributed by atoms with Crippen LogP contribution in [0.5, 0.6) is 11.5 Å². The van der Waals surface area contributed by atoms with E-state index in [1.807, 2.05) is 23.6 Å². The highest BCUT2D eigenvalue weighted by Crippen LogP contribution is 2.21. The molecule has 0 radical (unpaired) electrons. The summed E-state index contributed by atoms with van der Waals surface area (Å²) < 4.78 is 10.9. The topological polar surface area (TPSA) is 48.4 Å². The third-order valence-electron chi connectivity index (χ3n) is 2.89. The highest BCUT2D eigenvalue weighted by molar-refractivity contribution is 7.09. The Balaban J connectivity index is 1.60. The molecule has 0 spiro atoms. The van der Waals surface area contributed by atoms with Crippen LogP contribution in [0.3, 0.4) is 0 Å². The fourth-order valence-corrected chi connectivity index (χ4v) is 2.43. The maximum atomic E-state index is 11.9. The van der Waals surface area contributed by atoms with Crippen LogP contribution in [-0.2, 0) is 11.3 Å². The Morgan fingerprint density at radius 2 is 1.91 bits per heavy atom. The van der Waals surface area contributed by atoms with Crippen LogP contribution < -0.4 is 4.74 Å². The first-order valence-corrected chi connectivity index (χ1v) is 7.57. The van der Waals surface area contributed by atoms with Crippen LogP contribution in [0.2, 0.25) is 0 Å². The molecular formula is C17H13NO3S. The summed E-state index contributed by atoms with van der Waals surface area (Å²) in [5, 5.41) is 1.95. The lowest BCUT2D eigenvalue weighted by Crippen LogP contribution is -2.04. The Kier molecular flexibility index (Phi) is 4.46. The van der Waals surface area contributed by atoms with Gasteiger partial charge < -0.3 is 9.47 Å². The molecule has 2 heterocycles. The first-order valence-electron chi connectivity index (χ1n) is 6.69. The molecule has 0 saturated carbocycles. The van der Waals surface area contributed by atoms with Crippen molar-refractivity contribution < 1.29 is 14.3 Å². The van der Waals surface area contributed by atoms with Crippen molar-refractivity contribution in [3.8, 4) is 11.5 Å². The van der Waals surface area contributed by atoms with Crippen LogP contribution in [0.1, 0.15) is 15.2 Å². The Morgan fingerprint density at radius 3 is 2.59 bits per heavy atom. The molecule has 110 valence electrons. The van der Waals surface area contributed by atoms with Crippen LogP contribution in [0.15, 0.2) is 66.3 Å². The van der Waals surface area contributed by atoms with Crippen molar-refractivity contribution in [3.05, 3.63) is 76.7 Å². The van der Waals surface area contributed by atoms with Gasteiger partial charge in [0.05, 0.1) is 11.8 Å². The number of benzene rings is 1. The third kappa shape index (κ3) is 3.71. The van der Waals surface area contributed by atoms with Gasteiger partial charge in [0, 0.05) is 11.1 Å². The summed E-state index contributed by atoms with van der Waals surface area (Å²) in [6.07, 6.45) is 3.31. The fraction of sp³-hybridized carbons (Fsp3) is 0.0588. The van der Waals surface area contributed by atoms with Crippen molar-refractivity contribution in [2.24, 2.45) is 0 Å². The molecule has 0 amide bonds. The zero-order valence-electron chi connectivity index (χ0n) is 11.6. The largest absolute Gasteiger partial charge is 0.456 e. The predicted octanol–water partition coefficient (Wildman–Crippen LogP) is 4.29. The number of ether oxygens (including phenoxy) is 2. The Bertz CT molecular complexity index is 724. The van der Waals surface area contributed by atoms with E-state index in [1.165, 1.54) is 0 Å². The lowest BCUT2D eigenvalue weighted by molar-refractivity contribution is 0.0477. The fourth-order valence-electron chi connectivity index (χ4n) is 1.82. The standard InChI is InChI=1S/C17H13NO3S/c19-17(20-12-16-4-2-10-22-16)13-5-7-14(8-6-13)21-15-3-1-9-18-11-15/h1-11H,12H2. The Labute approximate surface area is 132 Å². The van der Waals surface area contributed by atoms with E-state index in [1.54, 1.807) is 54.1 Å². The number of hydrogen-bond donors (Lipinski definition) is 0. The Morgan fingerprint density at radius 1 is 1.05 bits per heavy atom. The normalized spacial score (nSPS) is 10.2. The van der Waals surface area contributed by atoms with Gasteiger partial charge in [0.2, 0.25) is 0 Å². The second-order valence-electron chi connectivity index (χ2n) is 4.47. The predicted molar refractivity (Wildman–Crippen MR) is 84.2 cm³/mol. The van der Waals surface area contributed by atoms with E-state index in [-0.39, 0.29) is 5.97 Å². The third-order valence-corrected chi connectivity index (χ3v) is 3.74. The number of pyridine rings is 1. The number of rotatable bonds is 5. The molecular weight excluding hydrogens is 298 g/mol. The molecule has 22 heavy (non-hydrogen) atoms. The van der Waals surface area contributed by atoms with Crippen molar-refractivity contribution in [3.63, 3.8) is 0 Å². The first-order chi connectivity index (χ1) is 10.8. The van der Waals surface area contributed by atoms with Crippen LogP contribution in [-0.4, -0.2) is 11.0 Å². The number of hydrogen-bond acceptors (Lipinski definition) is 5. The van der Waals surface area contributed by atoms with Crippen molar-refractivity contribution >= 4 is 17.3 Å². The SMILES string of the molecule is O=C(OCc1cccs1)c1ccc(Oc2cccnc2)cc1. The van der Waals surface area contributed by atoms with Gasteiger partial charge in [-0.25, -0.2) is 4.79 Å². The van der Waals surface area contributed by atoms with E-state index in [0.29, 0.717) is 23.7 Å². The summed E-state index contributed by atoms with van der Waals surface area (Å²) in [5.74, 6) is 0.944. The molecule has 4 nitrogen and oxygen atoms in total. The van der Waals surface area contributed by atoms with Gasteiger partial charge in [-0.3, -0.25) is 4.98 Å². The molecule has 0 saturated heterocycles. The molecule has 0 fully saturated rings. The molecule has 5 heteroatoms. The van der Waals surface area contributed by atoms with E-state index in [0.717, 1.165) is 4.88 Å². The molecule has 1 aromatic carbocycles. The summed E-state index contributed by atoms with van der Waals surface area (Å²) in [4.78, 5) is 16.9. The van der Waals surface area contributed by atoms with Crippen LogP contribution >= 0.6 is 11.3 Å². The van der Waals surface area contributed by atoms with Gasteiger partial charge in [-0.15, -0.1) is 11.3 Å². The summed E-state index contributed by atoms with van der Waals surface area (Å²) in [6.45, 7) is 0.296. The van der Waals surface area contributed by atoms with Crippen molar-refractivity contribution in [1.29, 1.82) is 0 Å². The average Bonchev–Trinajstić information content (AvgIpc) is 3.08. The minimum Gasteiger partial charge on any atom is -0.456 e. The van der Waals surface area contributed by atoms with Gasteiger partial charge in [0.15, 0.2) is 0 Å². The zero-order valence-corrected chi connectivity index (χ0v) is 12.5. The summed E-state index contributed by atoms with van der Waals surface area (Å²) in [5.41, 5.74) is 0.495. The quantitative estimate of drug-likeness (QED) is 0.659. The van der Waals surface area contributed by atoms with Gasteiger partial charge >= 0.3 is 5.97 Å². The van der Waals surface area contributed by atoms with Gasteiger partial charge in [-0.05, 0) is 47.8 Å². The van der Waals surface area contributed by atoms with E-state index in [2.05, 4.69) is 4.98 Å². The molecule has 3 rings (SSSR count). The molecule has 3 aromatic rings. The highest BCUT2D eigenvalue weighted by Gasteiger charge is 2.08. The molecule has 0 unspecified atom stereocenters. The van der Waals surface area contributed by atoms with Gasteiger partial charge in [-0.2, -0.15) is 0 Å². The molecule has 0 aliphatic rings.